The molecule has 0 spiro atoms. The molecule has 1 unspecified atom stereocenters. The number of aromatic nitrogens is 2. The maximum absolute atomic E-state index is 13.6. The second kappa shape index (κ2) is 6.83. The third-order valence-corrected chi connectivity index (χ3v) is 3.32. The van der Waals surface area contributed by atoms with Crippen LogP contribution < -0.4 is 0 Å². The van der Waals surface area contributed by atoms with Crippen LogP contribution in [-0.2, 0) is 17.7 Å². The van der Waals surface area contributed by atoms with Gasteiger partial charge in [0.2, 0.25) is 0 Å². The highest BCUT2D eigenvalue weighted by molar-refractivity contribution is 6.31. The first-order chi connectivity index (χ1) is 9.63. The van der Waals surface area contributed by atoms with E-state index >= 15 is 0 Å². The summed E-state index contributed by atoms with van der Waals surface area (Å²) in [5.74, 6) is -0.342. The van der Waals surface area contributed by atoms with Crippen molar-refractivity contribution in [3.63, 3.8) is 0 Å². The van der Waals surface area contributed by atoms with Gasteiger partial charge in [0.1, 0.15) is 11.9 Å². The van der Waals surface area contributed by atoms with Gasteiger partial charge in [-0.2, -0.15) is 5.10 Å². The highest BCUT2D eigenvalue weighted by atomic mass is 35.5. The molecule has 0 saturated carbocycles. The van der Waals surface area contributed by atoms with E-state index in [4.69, 9.17) is 16.3 Å². The number of hydrogen-bond donors (Lipinski definition) is 1. The van der Waals surface area contributed by atoms with E-state index in [2.05, 4.69) is 5.10 Å². The number of hydrogen-bond acceptors (Lipinski definition) is 3. The number of methoxy groups -OCH3 is 1. The van der Waals surface area contributed by atoms with Gasteiger partial charge >= 0.3 is 0 Å². The average Bonchev–Trinajstić information content (AvgIpc) is 2.80. The van der Waals surface area contributed by atoms with Crippen molar-refractivity contribution in [2.24, 2.45) is 0 Å². The van der Waals surface area contributed by atoms with Crippen LogP contribution in [0.1, 0.15) is 17.4 Å². The summed E-state index contributed by atoms with van der Waals surface area (Å²) in [6, 6.07) is 6.35. The second-order valence-corrected chi connectivity index (χ2v) is 4.81. The van der Waals surface area contributed by atoms with E-state index in [9.17, 15) is 9.50 Å². The molecule has 0 amide bonds. The minimum absolute atomic E-state index is 0.144. The largest absolute Gasteiger partial charge is 0.386 e. The standard InChI is InChI=1S/C14H16ClFN2O2/c1-20-7-6-18-14(11(15)9-17-18)13(19)8-10-4-2-3-5-12(10)16/h2-5,9,13,19H,6-8H2,1H3. The lowest BCUT2D eigenvalue weighted by atomic mass is 10.1. The molecule has 0 aliphatic heterocycles. The summed E-state index contributed by atoms with van der Waals surface area (Å²) < 4.78 is 20.2. The summed E-state index contributed by atoms with van der Waals surface area (Å²) in [5.41, 5.74) is 0.919. The van der Waals surface area contributed by atoms with E-state index < -0.39 is 6.10 Å². The van der Waals surface area contributed by atoms with Crippen LogP contribution in [0.5, 0.6) is 0 Å². The van der Waals surface area contributed by atoms with Gasteiger partial charge in [0.25, 0.3) is 0 Å². The maximum Gasteiger partial charge on any atom is 0.126 e. The molecule has 1 aromatic carbocycles. The quantitative estimate of drug-likeness (QED) is 0.892. The minimum atomic E-state index is -0.918. The Hall–Kier alpha value is -1.43. The molecule has 0 bridgehead atoms. The fraction of sp³-hybridized carbons (Fsp3) is 0.357. The fourth-order valence-corrected chi connectivity index (χ4v) is 2.30. The predicted octanol–water partition coefficient (Wildman–Crippen LogP) is 2.60. The fourth-order valence-electron chi connectivity index (χ4n) is 2.03. The Morgan fingerprint density at radius 1 is 1.45 bits per heavy atom. The number of aliphatic hydroxyl groups is 1. The zero-order chi connectivity index (χ0) is 14.5. The zero-order valence-corrected chi connectivity index (χ0v) is 11.8. The molecule has 0 aliphatic carbocycles. The van der Waals surface area contributed by atoms with Crippen molar-refractivity contribution in [1.29, 1.82) is 0 Å². The molecule has 1 heterocycles. The van der Waals surface area contributed by atoms with Crippen LogP contribution in [-0.4, -0.2) is 28.6 Å². The lowest BCUT2D eigenvalue weighted by Gasteiger charge is -2.14. The Labute approximate surface area is 121 Å². The monoisotopic (exact) mass is 298 g/mol. The number of rotatable bonds is 6. The minimum Gasteiger partial charge on any atom is -0.386 e. The Morgan fingerprint density at radius 2 is 2.20 bits per heavy atom. The summed E-state index contributed by atoms with van der Waals surface area (Å²) in [4.78, 5) is 0. The van der Waals surface area contributed by atoms with Gasteiger partial charge in [-0.3, -0.25) is 4.68 Å². The smallest absolute Gasteiger partial charge is 0.126 e. The molecule has 0 radical (unpaired) electrons. The first-order valence-corrected chi connectivity index (χ1v) is 6.63. The Morgan fingerprint density at radius 3 is 2.90 bits per heavy atom. The van der Waals surface area contributed by atoms with Crippen molar-refractivity contribution in [3.8, 4) is 0 Å². The van der Waals surface area contributed by atoms with Gasteiger partial charge in [0.05, 0.1) is 30.1 Å². The molecule has 20 heavy (non-hydrogen) atoms. The number of halogens is 2. The lowest BCUT2D eigenvalue weighted by molar-refractivity contribution is 0.152. The van der Waals surface area contributed by atoms with Gasteiger partial charge in [-0.15, -0.1) is 0 Å². The first kappa shape index (κ1) is 15.0. The highest BCUT2D eigenvalue weighted by Gasteiger charge is 2.19. The van der Waals surface area contributed by atoms with Crippen LogP contribution in [0.2, 0.25) is 5.02 Å². The van der Waals surface area contributed by atoms with Gasteiger partial charge in [0.15, 0.2) is 0 Å². The molecule has 1 N–H and O–H groups in total. The molecule has 1 aromatic heterocycles. The highest BCUT2D eigenvalue weighted by Crippen LogP contribution is 2.26. The van der Waals surface area contributed by atoms with E-state index in [-0.39, 0.29) is 12.2 Å². The van der Waals surface area contributed by atoms with Gasteiger partial charge < -0.3 is 9.84 Å². The topological polar surface area (TPSA) is 47.3 Å². The van der Waals surface area contributed by atoms with E-state index in [1.54, 1.807) is 30.0 Å². The molecule has 108 valence electrons. The number of ether oxygens (including phenoxy) is 1. The van der Waals surface area contributed by atoms with E-state index in [1.165, 1.54) is 12.3 Å². The number of aliphatic hydroxyl groups excluding tert-OH is 1. The molecule has 4 nitrogen and oxygen atoms in total. The Balaban J connectivity index is 2.18. The Kier molecular flexibility index (Phi) is 5.11. The third-order valence-electron chi connectivity index (χ3n) is 3.03. The summed E-state index contributed by atoms with van der Waals surface area (Å²) in [6.07, 6.45) is 0.695. The lowest BCUT2D eigenvalue weighted by Crippen LogP contribution is -2.14. The van der Waals surface area contributed by atoms with Crippen LogP contribution in [0.4, 0.5) is 4.39 Å². The summed E-state index contributed by atoms with van der Waals surface area (Å²) in [7, 11) is 1.58. The third kappa shape index (κ3) is 3.36. The van der Waals surface area contributed by atoms with Crippen LogP contribution in [0.25, 0.3) is 0 Å². The molecule has 2 aromatic rings. The molecule has 0 aliphatic rings. The SMILES string of the molecule is COCCn1ncc(Cl)c1C(O)Cc1ccccc1F. The zero-order valence-electron chi connectivity index (χ0n) is 11.1. The van der Waals surface area contributed by atoms with Gasteiger partial charge in [-0.1, -0.05) is 29.8 Å². The predicted molar refractivity (Wildman–Crippen MR) is 74.2 cm³/mol. The maximum atomic E-state index is 13.6. The molecular weight excluding hydrogens is 283 g/mol. The van der Waals surface area contributed by atoms with Crippen LogP contribution in [0, 0.1) is 5.82 Å². The van der Waals surface area contributed by atoms with E-state index in [1.807, 2.05) is 0 Å². The normalized spacial score (nSPS) is 12.6. The van der Waals surface area contributed by atoms with Crippen LogP contribution in [0.15, 0.2) is 30.5 Å². The number of nitrogens with zero attached hydrogens (tertiary/aromatic N) is 2. The van der Waals surface area contributed by atoms with E-state index in [0.717, 1.165) is 0 Å². The van der Waals surface area contributed by atoms with Gasteiger partial charge in [0, 0.05) is 13.5 Å². The molecule has 6 heteroatoms. The van der Waals surface area contributed by atoms with Crippen molar-refractivity contribution in [3.05, 3.63) is 52.6 Å². The van der Waals surface area contributed by atoms with Gasteiger partial charge in [-0.05, 0) is 11.6 Å². The van der Waals surface area contributed by atoms with E-state index in [0.29, 0.717) is 29.4 Å². The first-order valence-electron chi connectivity index (χ1n) is 6.25. The molecule has 0 saturated heterocycles. The van der Waals surface area contributed by atoms with Gasteiger partial charge in [-0.25, -0.2) is 4.39 Å². The molecule has 1 atom stereocenters. The van der Waals surface area contributed by atoms with Crippen LogP contribution >= 0.6 is 11.6 Å². The summed E-state index contributed by atoms with van der Waals surface area (Å²) in [5, 5.41) is 14.8. The van der Waals surface area contributed by atoms with Crippen LogP contribution in [0.3, 0.4) is 0 Å². The average molecular weight is 299 g/mol. The molecule has 0 fully saturated rings. The summed E-state index contributed by atoms with van der Waals surface area (Å²) >= 11 is 6.05. The molecule has 2 rings (SSSR count). The Bertz CT molecular complexity index is 574. The van der Waals surface area contributed by atoms with Crippen molar-refractivity contribution in [1.82, 2.24) is 9.78 Å². The van der Waals surface area contributed by atoms with Crippen molar-refractivity contribution in [2.75, 3.05) is 13.7 Å². The second-order valence-electron chi connectivity index (χ2n) is 4.41. The molecular formula is C14H16ClFN2O2. The summed E-state index contributed by atoms with van der Waals surface area (Å²) in [6.45, 7) is 0.935. The van der Waals surface area contributed by atoms with Crippen molar-refractivity contribution in [2.45, 2.75) is 19.1 Å². The van der Waals surface area contributed by atoms with Crippen molar-refractivity contribution < 1.29 is 14.2 Å². The number of benzene rings is 1. The van der Waals surface area contributed by atoms with Crippen molar-refractivity contribution >= 4 is 11.6 Å².